The summed E-state index contributed by atoms with van der Waals surface area (Å²) in [6.07, 6.45) is 5.28. The van der Waals surface area contributed by atoms with Crippen molar-refractivity contribution in [2.45, 2.75) is 19.8 Å². The Kier molecular flexibility index (Phi) is 7.55. The largest absolute Gasteiger partial charge is 0.497 e. The van der Waals surface area contributed by atoms with Gasteiger partial charge in [0.25, 0.3) is 0 Å². The molecule has 0 heterocycles. The van der Waals surface area contributed by atoms with Crippen LogP contribution in [0.2, 0.25) is 0 Å². The molecular weight excluding hydrogens is 330 g/mol. The number of methoxy groups -OCH3 is 2. The molecule has 0 aromatic heterocycles. The van der Waals surface area contributed by atoms with Gasteiger partial charge in [0.15, 0.2) is 0 Å². The maximum atomic E-state index is 12.3. The van der Waals surface area contributed by atoms with Gasteiger partial charge in [0.1, 0.15) is 17.2 Å². The highest BCUT2D eigenvalue weighted by atomic mass is 16.5. The third-order valence-corrected chi connectivity index (χ3v) is 3.75. The molecule has 2 rings (SSSR count). The van der Waals surface area contributed by atoms with Crippen LogP contribution in [-0.2, 0) is 4.79 Å². The minimum absolute atomic E-state index is 0.264. The number of unbranched alkanes of at least 4 members (excludes halogenated alkanes) is 1. The van der Waals surface area contributed by atoms with E-state index >= 15 is 0 Å². The summed E-state index contributed by atoms with van der Waals surface area (Å²) in [5, 5.41) is 2.81. The number of ether oxygens (including phenoxy) is 3. The molecule has 5 heteroatoms. The average Bonchev–Trinajstić information content (AvgIpc) is 2.67. The van der Waals surface area contributed by atoms with Crippen LogP contribution >= 0.6 is 0 Å². The molecule has 138 valence electrons. The van der Waals surface area contributed by atoms with Gasteiger partial charge in [0.05, 0.1) is 26.5 Å². The maximum Gasteiger partial charge on any atom is 0.248 e. The second kappa shape index (κ2) is 10.1. The van der Waals surface area contributed by atoms with E-state index in [4.69, 9.17) is 14.2 Å². The van der Waals surface area contributed by atoms with Crippen LogP contribution in [0.25, 0.3) is 6.08 Å². The maximum absolute atomic E-state index is 12.3. The van der Waals surface area contributed by atoms with Crippen molar-refractivity contribution in [1.29, 1.82) is 0 Å². The van der Waals surface area contributed by atoms with E-state index in [2.05, 4.69) is 12.2 Å². The smallest absolute Gasteiger partial charge is 0.248 e. The van der Waals surface area contributed by atoms with Gasteiger partial charge >= 0.3 is 0 Å². The molecule has 0 spiro atoms. The summed E-state index contributed by atoms with van der Waals surface area (Å²) in [4.78, 5) is 12.3. The Hall–Kier alpha value is -2.95. The van der Waals surface area contributed by atoms with Crippen LogP contribution in [0, 0.1) is 0 Å². The van der Waals surface area contributed by atoms with Crippen molar-refractivity contribution >= 4 is 17.7 Å². The van der Waals surface area contributed by atoms with Gasteiger partial charge < -0.3 is 19.5 Å². The third kappa shape index (κ3) is 5.55. The molecule has 0 saturated carbocycles. The normalized spacial score (nSPS) is 10.6. The Morgan fingerprint density at radius 2 is 1.88 bits per heavy atom. The number of rotatable bonds is 9. The molecule has 26 heavy (non-hydrogen) atoms. The number of hydrogen-bond acceptors (Lipinski definition) is 4. The van der Waals surface area contributed by atoms with E-state index < -0.39 is 0 Å². The molecule has 0 fully saturated rings. The van der Waals surface area contributed by atoms with E-state index in [0.29, 0.717) is 23.8 Å². The average molecular weight is 355 g/mol. The molecule has 0 aliphatic rings. The highest BCUT2D eigenvalue weighted by Crippen LogP contribution is 2.29. The molecule has 2 aromatic carbocycles. The molecule has 1 amide bonds. The summed E-state index contributed by atoms with van der Waals surface area (Å²) in [5.74, 6) is 1.71. The van der Waals surface area contributed by atoms with Gasteiger partial charge in [-0.25, -0.2) is 0 Å². The molecule has 0 radical (unpaired) electrons. The summed E-state index contributed by atoms with van der Waals surface area (Å²) < 4.78 is 16.2. The lowest BCUT2D eigenvalue weighted by Crippen LogP contribution is -2.09. The van der Waals surface area contributed by atoms with Crippen molar-refractivity contribution in [3.05, 3.63) is 54.1 Å². The number of benzene rings is 2. The molecule has 0 aliphatic carbocycles. The second-order valence-electron chi connectivity index (χ2n) is 5.63. The highest BCUT2D eigenvalue weighted by molar-refractivity contribution is 6.03. The number of anilines is 1. The Bertz CT molecular complexity index is 755. The lowest BCUT2D eigenvalue weighted by molar-refractivity contribution is -0.111. The minimum atomic E-state index is -0.264. The molecule has 2 aromatic rings. The standard InChI is InChI=1S/C21H25NO4/c1-4-5-14-26-19-9-7-6-8-16(19)10-13-21(23)22-18-15-17(24-2)11-12-20(18)25-3/h6-13,15H,4-5,14H2,1-3H3,(H,22,23). The molecule has 0 aliphatic heterocycles. The summed E-state index contributed by atoms with van der Waals surface area (Å²) in [5.41, 5.74) is 1.41. The van der Waals surface area contributed by atoms with Gasteiger partial charge in [0.2, 0.25) is 5.91 Å². The van der Waals surface area contributed by atoms with E-state index in [1.54, 1.807) is 38.5 Å². The number of para-hydroxylation sites is 1. The second-order valence-corrected chi connectivity index (χ2v) is 5.63. The molecule has 0 bridgehead atoms. The SMILES string of the molecule is CCCCOc1ccccc1C=CC(=O)Nc1cc(OC)ccc1OC. The third-order valence-electron chi connectivity index (χ3n) is 3.75. The van der Waals surface area contributed by atoms with E-state index in [1.165, 1.54) is 6.08 Å². The summed E-state index contributed by atoms with van der Waals surface area (Å²) >= 11 is 0. The first-order valence-corrected chi connectivity index (χ1v) is 8.60. The molecule has 0 saturated heterocycles. The first kappa shape index (κ1) is 19.4. The fourth-order valence-electron chi connectivity index (χ4n) is 2.33. The van der Waals surface area contributed by atoms with E-state index in [9.17, 15) is 4.79 Å². The lowest BCUT2D eigenvalue weighted by Gasteiger charge is -2.11. The van der Waals surface area contributed by atoms with Gasteiger partial charge in [-0.1, -0.05) is 31.5 Å². The summed E-state index contributed by atoms with van der Waals surface area (Å²) in [6, 6.07) is 12.9. The Morgan fingerprint density at radius 1 is 1.08 bits per heavy atom. The lowest BCUT2D eigenvalue weighted by atomic mass is 10.2. The number of amides is 1. The molecule has 1 N–H and O–H groups in total. The van der Waals surface area contributed by atoms with Crippen molar-refractivity contribution in [3.63, 3.8) is 0 Å². The molecule has 0 atom stereocenters. The van der Waals surface area contributed by atoms with Crippen molar-refractivity contribution in [2.75, 3.05) is 26.1 Å². The number of hydrogen-bond donors (Lipinski definition) is 1. The van der Waals surface area contributed by atoms with Gasteiger partial charge in [-0.3, -0.25) is 4.79 Å². The van der Waals surface area contributed by atoms with Crippen LogP contribution in [0.5, 0.6) is 17.2 Å². The molecule has 5 nitrogen and oxygen atoms in total. The van der Waals surface area contributed by atoms with Crippen molar-refractivity contribution in [2.24, 2.45) is 0 Å². The first-order valence-electron chi connectivity index (χ1n) is 8.60. The van der Waals surface area contributed by atoms with Crippen LogP contribution in [0.3, 0.4) is 0 Å². The van der Waals surface area contributed by atoms with Crippen molar-refractivity contribution < 1.29 is 19.0 Å². The topological polar surface area (TPSA) is 56.8 Å². The van der Waals surface area contributed by atoms with E-state index in [0.717, 1.165) is 24.2 Å². The fourth-order valence-corrected chi connectivity index (χ4v) is 2.33. The van der Waals surface area contributed by atoms with E-state index in [1.807, 2.05) is 24.3 Å². The monoisotopic (exact) mass is 355 g/mol. The van der Waals surface area contributed by atoms with Crippen LogP contribution in [0.4, 0.5) is 5.69 Å². The molecule has 0 unspecified atom stereocenters. The summed E-state index contributed by atoms with van der Waals surface area (Å²) in [6.45, 7) is 2.78. The Balaban J connectivity index is 2.08. The zero-order valence-electron chi connectivity index (χ0n) is 15.5. The predicted octanol–water partition coefficient (Wildman–Crippen LogP) is 4.53. The minimum Gasteiger partial charge on any atom is -0.497 e. The first-order chi connectivity index (χ1) is 12.7. The fraction of sp³-hybridized carbons (Fsp3) is 0.286. The van der Waals surface area contributed by atoms with Gasteiger partial charge in [-0.15, -0.1) is 0 Å². The number of carbonyl (C=O) groups is 1. The van der Waals surface area contributed by atoms with Crippen LogP contribution in [-0.4, -0.2) is 26.7 Å². The van der Waals surface area contributed by atoms with E-state index in [-0.39, 0.29) is 5.91 Å². The van der Waals surface area contributed by atoms with Crippen molar-refractivity contribution in [1.82, 2.24) is 0 Å². The zero-order chi connectivity index (χ0) is 18.8. The Morgan fingerprint density at radius 3 is 2.62 bits per heavy atom. The highest BCUT2D eigenvalue weighted by Gasteiger charge is 2.08. The number of carbonyl (C=O) groups excluding carboxylic acids is 1. The zero-order valence-corrected chi connectivity index (χ0v) is 15.5. The van der Waals surface area contributed by atoms with Crippen LogP contribution < -0.4 is 19.5 Å². The Labute approximate surface area is 154 Å². The molecular formula is C21H25NO4. The van der Waals surface area contributed by atoms with Crippen LogP contribution in [0.15, 0.2) is 48.5 Å². The van der Waals surface area contributed by atoms with Crippen molar-refractivity contribution in [3.8, 4) is 17.2 Å². The van der Waals surface area contributed by atoms with Gasteiger partial charge in [0, 0.05) is 17.7 Å². The van der Waals surface area contributed by atoms with Gasteiger partial charge in [-0.05, 0) is 30.7 Å². The quantitative estimate of drug-likeness (QED) is 0.530. The van der Waals surface area contributed by atoms with Crippen LogP contribution in [0.1, 0.15) is 25.3 Å². The van der Waals surface area contributed by atoms with Gasteiger partial charge in [-0.2, -0.15) is 0 Å². The number of nitrogens with one attached hydrogen (secondary N) is 1. The summed E-state index contributed by atoms with van der Waals surface area (Å²) in [7, 11) is 3.12. The predicted molar refractivity (Wildman–Crippen MR) is 104 cm³/mol.